The molecule has 1 heterocycles. The average molecular weight is 348 g/mol. The molecule has 0 bridgehead atoms. The Morgan fingerprint density at radius 1 is 1.17 bits per heavy atom. The molecule has 0 atom stereocenters. The van der Waals surface area contributed by atoms with E-state index >= 15 is 0 Å². The molecule has 0 saturated heterocycles. The number of fused-ring (bicyclic) bond motifs is 1. The Morgan fingerprint density at radius 2 is 1.92 bits per heavy atom. The van der Waals surface area contributed by atoms with E-state index in [0.29, 0.717) is 17.0 Å². The number of aryl methyl sites for hydroxylation is 2. The Labute approximate surface area is 138 Å². The van der Waals surface area contributed by atoms with Gasteiger partial charge in [0, 0.05) is 13.1 Å². The molecular weight excluding hydrogens is 332 g/mol. The molecule has 2 aromatic carbocycles. The lowest BCUT2D eigenvalue weighted by Gasteiger charge is -2.12. The van der Waals surface area contributed by atoms with Gasteiger partial charge in [0.1, 0.15) is 5.75 Å². The summed E-state index contributed by atoms with van der Waals surface area (Å²) < 4.78 is 39.3. The van der Waals surface area contributed by atoms with Crippen LogP contribution in [0, 0.1) is 6.92 Å². The minimum Gasteiger partial charge on any atom is -0.495 e. The van der Waals surface area contributed by atoms with Gasteiger partial charge in [-0.15, -0.1) is 0 Å². The van der Waals surface area contributed by atoms with Crippen molar-refractivity contribution in [3.8, 4) is 5.75 Å². The first kappa shape index (κ1) is 16.1. The molecule has 0 unspecified atom stereocenters. The molecule has 126 valence electrons. The maximum atomic E-state index is 12.6. The maximum absolute atomic E-state index is 12.6. The number of hydrogen-bond donors (Lipinski definition) is 1. The van der Waals surface area contributed by atoms with Crippen LogP contribution in [-0.2, 0) is 17.1 Å². The molecule has 1 aromatic heterocycles. The predicted molar refractivity (Wildman–Crippen MR) is 90.0 cm³/mol. The summed E-state index contributed by atoms with van der Waals surface area (Å²) in [5, 5.41) is 0. The van der Waals surface area contributed by atoms with Gasteiger partial charge in [-0.1, -0.05) is 6.07 Å². The third-order valence-electron chi connectivity index (χ3n) is 3.67. The molecule has 0 radical (unpaired) electrons. The molecule has 3 aromatic rings. The minimum atomic E-state index is -3.86. The fourth-order valence-electron chi connectivity index (χ4n) is 2.39. The van der Waals surface area contributed by atoms with Crippen LogP contribution in [0.1, 0.15) is 5.56 Å². The molecule has 24 heavy (non-hydrogen) atoms. The van der Waals surface area contributed by atoms with Crippen molar-refractivity contribution in [3.63, 3.8) is 0 Å². The van der Waals surface area contributed by atoms with Crippen molar-refractivity contribution in [1.29, 1.82) is 0 Å². The number of methoxy groups -OCH3 is 1. The second-order valence-electron chi connectivity index (χ2n) is 5.37. The summed E-state index contributed by atoms with van der Waals surface area (Å²) in [5.41, 5.74) is 1.96. The summed E-state index contributed by atoms with van der Waals surface area (Å²) in [7, 11) is -0.840. The highest BCUT2D eigenvalue weighted by Crippen LogP contribution is 2.28. The van der Waals surface area contributed by atoms with E-state index in [-0.39, 0.29) is 10.5 Å². The zero-order chi connectivity index (χ0) is 17.5. The van der Waals surface area contributed by atoms with Crippen LogP contribution >= 0.6 is 0 Å². The van der Waals surface area contributed by atoms with E-state index in [4.69, 9.17) is 9.15 Å². The molecule has 0 aliphatic heterocycles. The summed E-state index contributed by atoms with van der Waals surface area (Å²) >= 11 is 0. The first-order chi connectivity index (χ1) is 11.3. The van der Waals surface area contributed by atoms with Crippen LogP contribution in [0.25, 0.3) is 11.1 Å². The average Bonchev–Trinajstić information content (AvgIpc) is 2.81. The van der Waals surface area contributed by atoms with Crippen molar-refractivity contribution < 1.29 is 17.6 Å². The third kappa shape index (κ3) is 2.76. The van der Waals surface area contributed by atoms with Gasteiger partial charge in [0.15, 0.2) is 5.58 Å². The van der Waals surface area contributed by atoms with Gasteiger partial charge in [-0.05, 0) is 36.8 Å². The second-order valence-corrected chi connectivity index (χ2v) is 7.05. The van der Waals surface area contributed by atoms with Crippen LogP contribution in [0.5, 0.6) is 5.75 Å². The van der Waals surface area contributed by atoms with E-state index in [9.17, 15) is 13.2 Å². The van der Waals surface area contributed by atoms with Crippen LogP contribution in [-0.4, -0.2) is 20.1 Å². The lowest BCUT2D eigenvalue weighted by atomic mass is 10.2. The first-order valence-corrected chi connectivity index (χ1v) is 8.57. The minimum absolute atomic E-state index is 0.00657. The largest absolute Gasteiger partial charge is 0.495 e. The molecule has 0 amide bonds. The van der Waals surface area contributed by atoms with Gasteiger partial charge in [0.05, 0.1) is 23.2 Å². The van der Waals surface area contributed by atoms with Gasteiger partial charge in [-0.25, -0.2) is 13.2 Å². The molecule has 0 saturated carbocycles. The smallest absolute Gasteiger partial charge is 0.419 e. The Balaban J connectivity index is 2.05. The fourth-order valence-corrected chi connectivity index (χ4v) is 3.46. The van der Waals surface area contributed by atoms with Gasteiger partial charge in [0.2, 0.25) is 0 Å². The van der Waals surface area contributed by atoms with Gasteiger partial charge >= 0.3 is 5.76 Å². The van der Waals surface area contributed by atoms with Crippen molar-refractivity contribution in [1.82, 2.24) is 4.57 Å². The van der Waals surface area contributed by atoms with Gasteiger partial charge in [0.25, 0.3) is 10.0 Å². The number of nitrogens with zero attached hydrogens (tertiary/aromatic N) is 1. The zero-order valence-corrected chi connectivity index (χ0v) is 14.2. The van der Waals surface area contributed by atoms with Gasteiger partial charge < -0.3 is 9.15 Å². The number of nitrogens with one attached hydrogen (secondary N) is 1. The van der Waals surface area contributed by atoms with Crippen molar-refractivity contribution in [2.24, 2.45) is 7.05 Å². The van der Waals surface area contributed by atoms with E-state index in [1.807, 2.05) is 13.0 Å². The normalized spacial score (nSPS) is 11.6. The fraction of sp³-hybridized carbons (Fsp3) is 0.188. The summed E-state index contributed by atoms with van der Waals surface area (Å²) in [6.45, 7) is 1.85. The number of aromatic nitrogens is 1. The summed E-state index contributed by atoms with van der Waals surface area (Å²) in [6, 6.07) is 9.46. The highest BCUT2D eigenvalue weighted by molar-refractivity contribution is 7.92. The zero-order valence-electron chi connectivity index (χ0n) is 13.4. The van der Waals surface area contributed by atoms with Crippen LogP contribution in [0.4, 0.5) is 5.69 Å². The number of benzene rings is 2. The molecule has 8 heteroatoms. The number of oxazole rings is 1. The number of rotatable bonds is 4. The number of sulfonamides is 1. The summed E-state index contributed by atoms with van der Waals surface area (Å²) in [6.07, 6.45) is 0. The Kier molecular flexibility index (Phi) is 3.84. The predicted octanol–water partition coefficient (Wildman–Crippen LogP) is 2.25. The number of hydrogen-bond acceptors (Lipinski definition) is 5. The number of ether oxygens (including phenoxy) is 1. The summed E-state index contributed by atoms with van der Waals surface area (Å²) in [4.78, 5) is 11.5. The molecule has 3 rings (SSSR count). The van der Waals surface area contributed by atoms with E-state index in [1.165, 1.54) is 29.9 Å². The third-order valence-corrected chi connectivity index (χ3v) is 5.04. The first-order valence-electron chi connectivity index (χ1n) is 7.09. The number of anilines is 1. The van der Waals surface area contributed by atoms with Gasteiger partial charge in [-0.2, -0.15) is 0 Å². The standard InChI is InChI=1S/C16H16N2O5S/c1-10-4-7-14(22-3)12(8-10)17-24(20,21)11-5-6-13-15(9-11)23-16(19)18(13)2/h4-9,17H,1-3H3. The molecule has 0 fully saturated rings. The topological polar surface area (TPSA) is 90.5 Å². The van der Waals surface area contributed by atoms with Crippen LogP contribution < -0.4 is 15.2 Å². The Hall–Kier alpha value is -2.74. The molecule has 0 aliphatic rings. The molecule has 1 N–H and O–H groups in total. The molecule has 0 aliphatic carbocycles. The van der Waals surface area contributed by atoms with Crippen molar-refractivity contribution in [3.05, 3.63) is 52.5 Å². The SMILES string of the molecule is COc1ccc(C)cc1NS(=O)(=O)c1ccc2c(c1)oc(=O)n2C. The van der Waals surface area contributed by atoms with Crippen LogP contribution in [0.15, 0.2) is 50.5 Å². The van der Waals surface area contributed by atoms with E-state index in [2.05, 4.69) is 4.72 Å². The van der Waals surface area contributed by atoms with Crippen molar-refractivity contribution in [2.75, 3.05) is 11.8 Å². The monoisotopic (exact) mass is 348 g/mol. The van der Waals surface area contributed by atoms with Gasteiger partial charge in [-0.3, -0.25) is 9.29 Å². The second kappa shape index (κ2) is 5.72. The van der Waals surface area contributed by atoms with E-state index in [0.717, 1.165) is 5.56 Å². The Bertz CT molecular complexity index is 1080. The summed E-state index contributed by atoms with van der Waals surface area (Å²) in [5.74, 6) is -0.135. The van der Waals surface area contributed by atoms with E-state index < -0.39 is 15.8 Å². The maximum Gasteiger partial charge on any atom is 0.419 e. The van der Waals surface area contributed by atoms with E-state index in [1.54, 1.807) is 19.2 Å². The highest BCUT2D eigenvalue weighted by atomic mass is 32.2. The lowest BCUT2D eigenvalue weighted by Crippen LogP contribution is -2.13. The van der Waals surface area contributed by atoms with Crippen molar-refractivity contribution >= 4 is 26.8 Å². The molecule has 0 spiro atoms. The van der Waals surface area contributed by atoms with Crippen LogP contribution in [0.2, 0.25) is 0 Å². The highest BCUT2D eigenvalue weighted by Gasteiger charge is 2.19. The molecular formula is C16H16N2O5S. The molecule has 7 nitrogen and oxygen atoms in total. The van der Waals surface area contributed by atoms with Crippen molar-refractivity contribution in [2.45, 2.75) is 11.8 Å². The lowest BCUT2D eigenvalue weighted by molar-refractivity contribution is 0.417. The Morgan fingerprint density at radius 3 is 2.62 bits per heavy atom. The quantitative estimate of drug-likeness (QED) is 0.781. The van der Waals surface area contributed by atoms with Crippen LogP contribution in [0.3, 0.4) is 0 Å².